The summed E-state index contributed by atoms with van der Waals surface area (Å²) in [6.45, 7) is -0.419. The van der Waals surface area contributed by atoms with Crippen LogP contribution in [0.3, 0.4) is 0 Å². The minimum absolute atomic E-state index is 0.0118. The molecule has 6 rings (SSSR count). The van der Waals surface area contributed by atoms with E-state index in [1.807, 2.05) is 0 Å². The van der Waals surface area contributed by atoms with Crippen LogP contribution in [0.4, 0.5) is 19.0 Å². The van der Waals surface area contributed by atoms with Crippen molar-refractivity contribution in [3.05, 3.63) is 64.3 Å². The molecule has 2 saturated heterocycles. The summed E-state index contributed by atoms with van der Waals surface area (Å²) in [4.78, 5) is 56.3. The van der Waals surface area contributed by atoms with Crippen LogP contribution < -0.4 is 9.75 Å². The summed E-state index contributed by atoms with van der Waals surface area (Å²) in [7, 11) is 1.20. The largest absolute Gasteiger partial charge is 0.491 e. The molecule has 2 aliphatic carbocycles. The van der Waals surface area contributed by atoms with Crippen LogP contribution in [0, 0.1) is 17.8 Å². The molecule has 0 spiro atoms. The molecular weight excluding hydrogens is 756 g/mol. The van der Waals surface area contributed by atoms with Crippen LogP contribution in [-0.2, 0) is 25.4 Å². The zero-order chi connectivity index (χ0) is 34.2. The van der Waals surface area contributed by atoms with E-state index in [0.717, 1.165) is 16.0 Å². The monoisotopic (exact) mass is 778 g/mol. The number of benzene rings is 1. The average molecular weight is 781 g/mol. The number of hydrogen-bond acceptors (Lipinski definition) is 8. The summed E-state index contributed by atoms with van der Waals surface area (Å²) in [5.41, 5.74) is -0.626. The molecule has 250 valence electrons. The van der Waals surface area contributed by atoms with E-state index in [-0.39, 0.29) is 42.3 Å². The smallest absolute Gasteiger partial charge is 0.433 e. The number of carbonyl (C=O) groups is 4. The number of rotatable bonds is 7. The first-order valence-corrected chi connectivity index (χ1v) is 16.6. The van der Waals surface area contributed by atoms with Crippen molar-refractivity contribution in [3.63, 3.8) is 0 Å². The Morgan fingerprint density at radius 3 is 2.45 bits per heavy atom. The molecular formula is C30H25BrCl3F3N4O6. The highest BCUT2D eigenvalue weighted by molar-refractivity contribution is 9.09. The number of halogens is 7. The number of likely N-dealkylation sites (tertiary alicyclic amines) is 1. The second-order valence-electron chi connectivity index (χ2n) is 11.6. The Bertz CT molecular complexity index is 1730. The second kappa shape index (κ2) is 11.9. The number of nitrogens with zero attached hydrogens (tertiary/aromatic N) is 4. The van der Waals surface area contributed by atoms with Crippen LogP contribution in [0.25, 0.3) is 0 Å². The Labute approximate surface area is 289 Å². The summed E-state index contributed by atoms with van der Waals surface area (Å²) in [5.74, 6) is -7.37. The minimum Gasteiger partial charge on any atom is -0.491 e. The fourth-order valence-electron chi connectivity index (χ4n) is 7.29. The van der Waals surface area contributed by atoms with Gasteiger partial charge in [0, 0.05) is 18.5 Å². The van der Waals surface area contributed by atoms with Crippen LogP contribution in [-0.4, -0.2) is 79.1 Å². The maximum Gasteiger partial charge on any atom is 0.433 e. The van der Waals surface area contributed by atoms with Crippen LogP contribution in [0.5, 0.6) is 5.75 Å². The van der Waals surface area contributed by atoms with E-state index in [0.29, 0.717) is 22.2 Å². The van der Waals surface area contributed by atoms with E-state index in [9.17, 15) is 37.5 Å². The molecule has 0 radical (unpaired) electrons. The number of amides is 4. The highest BCUT2D eigenvalue weighted by atomic mass is 79.9. The number of carbonyl (C=O) groups excluding carboxylic acids is 4. The third kappa shape index (κ3) is 4.88. The molecule has 6 atom stereocenters. The summed E-state index contributed by atoms with van der Waals surface area (Å²) >= 11 is 23.8. The molecule has 4 aliphatic rings. The average Bonchev–Trinajstić information content (AvgIpc) is 3.37. The van der Waals surface area contributed by atoms with Crippen LogP contribution in [0.2, 0.25) is 5.02 Å². The van der Waals surface area contributed by atoms with Gasteiger partial charge in [-0.3, -0.25) is 29.1 Å². The van der Waals surface area contributed by atoms with Crippen LogP contribution in [0.1, 0.15) is 30.0 Å². The molecule has 3 heterocycles. The number of hydrazine groups is 1. The third-order valence-electron chi connectivity index (χ3n) is 9.29. The number of aromatic nitrogens is 1. The first kappa shape index (κ1) is 34.0. The molecule has 47 heavy (non-hydrogen) atoms. The third-order valence-corrected chi connectivity index (χ3v) is 11.5. The standard InChI is InChI=1S/C30H25BrCl3F3N4O6/c1-39(23-18(32)8-9-20(38-23)30(35,36)37)41-24(43)16-7-6-14-17(21(16)25(41)44)12-28(33)26(45)40(13-31)27(46)29(28,34)22(14)15-4-2-3-5-19(15)47-11-10-42/h2-6,8-9,16-17,21-22,42H,7,10-13H2,1H3/t16-,17+,21-,22+,28+,29-/m0/s1. The quantitative estimate of drug-likeness (QED) is 0.183. The van der Waals surface area contributed by atoms with Crippen molar-refractivity contribution in [1.82, 2.24) is 14.9 Å². The number of aliphatic hydroxyl groups excluding tert-OH is 1. The lowest BCUT2D eigenvalue weighted by atomic mass is 9.56. The van der Waals surface area contributed by atoms with E-state index in [2.05, 4.69) is 20.9 Å². The first-order chi connectivity index (χ1) is 22.1. The number of aliphatic hydroxyl groups is 1. The van der Waals surface area contributed by atoms with Gasteiger partial charge in [0.05, 0.1) is 28.9 Å². The number of para-hydroxylation sites is 1. The van der Waals surface area contributed by atoms with Gasteiger partial charge >= 0.3 is 6.18 Å². The van der Waals surface area contributed by atoms with Gasteiger partial charge < -0.3 is 9.84 Å². The molecule has 0 bridgehead atoms. The fraction of sp³-hybridized carbons (Fsp3) is 0.433. The molecule has 2 aliphatic heterocycles. The molecule has 1 N–H and O–H groups in total. The highest BCUT2D eigenvalue weighted by Gasteiger charge is 2.76. The Hall–Kier alpha value is -2.91. The topological polar surface area (TPSA) is 120 Å². The van der Waals surface area contributed by atoms with E-state index in [1.54, 1.807) is 30.3 Å². The van der Waals surface area contributed by atoms with Crippen molar-refractivity contribution >= 4 is 80.2 Å². The number of pyridine rings is 1. The highest BCUT2D eigenvalue weighted by Crippen LogP contribution is 2.66. The maximum absolute atomic E-state index is 14.3. The lowest BCUT2D eigenvalue weighted by Gasteiger charge is -2.51. The molecule has 17 heteroatoms. The van der Waals surface area contributed by atoms with Gasteiger partial charge in [-0.05, 0) is 37.0 Å². The van der Waals surface area contributed by atoms with Crippen molar-refractivity contribution < 1.29 is 42.2 Å². The SMILES string of the molecule is CN(c1nc(C(F)(F)F)ccc1Cl)N1C(=O)[C@H]2[C@H](CC=C3[C@H]2C[C@@]2(Cl)C(=O)N(CBr)C(=O)[C@@]2(Cl)[C@H]3c2ccccc2OCCO)C1=O. The Morgan fingerprint density at radius 2 is 1.79 bits per heavy atom. The zero-order valence-electron chi connectivity index (χ0n) is 24.3. The van der Waals surface area contributed by atoms with E-state index in [1.165, 1.54) is 7.05 Å². The van der Waals surface area contributed by atoms with Crippen LogP contribution in [0.15, 0.2) is 48.0 Å². The molecule has 1 aromatic carbocycles. The number of allylic oxidation sites excluding steroid dienone is 2. The molecule has 4 amide bonds. The number of ether oxygens (including phenoxy) is 1. The van der Waals surface area contributed by atoms with Gasteiger partial charge in [0.25, 0.3) is 23.6 Å². The Morgan fingerprint density at radius 1 is 1.09 bits per heavy atom. The fourth-order valence-corrected chi connectivity index (χ4v) is 8.94. The van der Waals surface area contributed by atoms with Gasteiger partial charge in [0.1, 0.15) is 18.1 Å². The number of hydrogen-bond donors (Lipinski definition) is 1. The van der Waals surface area contributed by atoms with Crippen molar-refractivity contribution in [2.24, 2.45) is 17.8 Å². The number of alkyl halides is 6. The summed E-state index contributed by atoms with van der Waals surface area (Å²) in [6.07, 6.45) is -3.40. The van der Waals surface area contributed by atoms with E-state index in [4.69, 9.17) is 39.5 Å². The van der Waals surface area contributed by atoms with E-state index >= 15 is 0 Å². The van der Waals surface area contributed by atoms with E-state index < -0.39 is 74.7 Å². The van der Waals surface area contributed by atoms with Gasteiger partial charge in [-0.25, -0.2) is 4.98 Å². The normalized spacial score (nSPS) is 30.3. The molecule has 10 nitrogen and oxygen atoms in total. The lowest BCUT2D eigenvalue weighted by molar-refractivity contribution is -0.142. The number of anilines is 1. The molecule has 2 aromatic rings. The minimum atomic E-state index is -4.82. The zero-order valence-corrected chi connectivity index (χ0v) is 28.2. The summed E-state index contributed by atoms with van der Waals surface area (Å²) in [6, 6.07) is 8.24. The number of fused-ring (bicyclic) bond motifs is 4. The Balaban J connectivity index is 1.47. The van der Waals surface area contributed by atoms with Gasteiger partial charge in [0.15, 0.2) is 15.6 Å². The summed E-state index contributed by atoms with van der Waals surface area (Å²) < 4.78 is 46.3. The lowest BCUT2D eigenvalue weighted by Crippen LogP contribution is -2.60. The van der Waals surface area contributed by atoms with Crippen molar-refractivity contribution in [2.45, 2.75) is 34.7 Å². The van der Waals surface area contributed by atoms with Gasteiger partial charge in [-0.15, -0.1) is 23.2 Å². The number of imide groups is 2. The predicted molar refractivity (Wildman–Crippen MR) is 167 cm³/mol. The van der Waals surface area contributed by atoms with Gasteiger partial charge in [0.2, 0.25) is 0 Å². The predicted octanol–water partition coefficient (Wildman–Crippen LogP) is 4.89. The second-order valence-corrected chi connectivity index (χ2v) is 13.8. The molecule has 0 unspecified atom stereocenters. The summed E-state index contributed by atoms with van der Waals surface area (Å²) in [5, 5.41) is 10.8. The molecule has 1 saturated carbocycles. The van der Waals surface area contributed by atoms with Crippen LogP contribution >= 0.6 is 50.7 Å². The first-order valence-electron chi connectivity index (χ1n) is 14.3. The van der Waals surface area contributed by atoms with Crippen molar-refractivity contribution in [2.75, 3.05) is 30.7 Å². The van der Waals surface area contributed by atoms with Crippen molar-refractivity contribution in [1.29, 1.82) is 0 Å². The van der Waals surface area contributed by atoms with Gasteiger partial charge in [-0.2, -0.15) is 18.2 Å². The molecule has 1 aromatic heterocycles. The maximum atomic E-state index is 14.3. The molecule has 3 fully saturated rings. The van der Waals surface area contributed by atoms with Gasteiger partial charge in [-0.1, -0.05) is 57.4 Å². The Kier molecular flexibility index (Phi) is 8.60. The van der Waals surface area contributed by atoms with Crippen molar-refractivity contribution in [3.8, 4) is 5.75 Å².